The maximum Gasteiger partial charge on any atom is 0.259 e. The second kappa shape index (κ2) is 6.37. The number of phenolic OH excluding ortho intramolecular Hbond substituents is 1. The Kier molecular flexibility index (Phi) is 4.55. The number of phenols is 1. The first-order valence-electron chi connectivity index (χ1n) is 6.34. The van der Waals surface area contributed by atoms with Crippen LogP contribution in [0.3, 0.4) is 0 Å². The zero-order valence-electron chi connectivity index (χ0n) is 11.4. The number of hydrogen-bond acceptors (Lipinski definition) is 4. The van der Waals surface area contributed by atoms with E-state index in [-0.39, 0.29) is 17.0 Å². The van der Waals surface area contributed by atoms with Crippen LogP contribution in [0.15, 0.2) is 36.4 Å². The van der Waals surface area contributed by atoms with Crippen molar-refractivity contribution in [1.82, 2.24) is 0 Å². The van der Waals surface area contributed by atoms with E-state index >= 15 is 0 Å². The molecule has 6 heteroatoms. The van der Waals surface area contributed by atoms with E-state index in [4.69, 9.17) is 22.1 Å². The molecule has 0 heterocycles. The Morgan fingerprint density at radius 1 is 1.38 bits per heavy atom. The number of nitrogens with two attached hydrogens (primary N) is 1. The number of nitrogen functional groups attached to an aromatic ring is 1. The Morgan fingerprint density at radius 2 is 2.14 bits per heavy atom. The van der Waals surface area contributed by atoms with Crippen molar-refractivity contribution in [1.29, 1.82) is 0 Å². The molecule has 0 aliphatic heterocycles. The normalized spacial score (nSPS) is 10.2. The van der Waals surface area contributed by atoms with Gasteiger partial charge >= 0.3 is 0 Å². The number of ether oxygens (including phenoxy) is 1. The van der Waals surface area contributed by atoms with Gasteiger partial charge < -0.3 is 20.9 Å². The third-order valence-corrected chi connectivity index (χ3v) is 3.04. The van der Waals surface area contributed by atoms with Crippen molar-refractivity contribution in [2.75, 3.05) is 17.7 Å². The Morgan fingerprint density at radius 3 is 2.86 bits per heavy atom. The maximum absolute atomic E-state index is 12.2. The fraction of sp³-hybridized carbons (Fsp3) is 0.133. The molecular formula is C15H15ClN2O3. The SMILES string of the molecule is CCOc1ccc(Cl)cc1NC(=O)c1cccc(N)c1O. The van der Waals surface area contributed by atoms with Gasteiger partial charge in [-0.05, 0) is 37.3 Å². The van der Waals surface area contributed by atoms with Crippen molar-refractivity contribution in [3.05, 3.63) is 47.0 Å². The third-order valence-electron chi connectivity index (χ3n) is 2.80. The van der Waals surface area contributed by atoms with E-state index in [1.165, 1.54) is 12.1 Å². The molecule has 5 nitrogen and oxygen atoms in total. The molecule has 0 aliphatic rings. The van der Waals surface area contributed by atoms with E-state index in [0.717, 1.165) is 0 Å². The molecule has 0 atom stereocenters. The van der Waals surface area contributed by atoms with E-state index in [1.807, 2.05) is 6.92 Å². The van der Waals surface area contributed by atoms with Crippen LogP contribution >= 0.6 is 11.6 Å². The lowest BCUT2D eigenvalue weighted by molar-refractivity contribution is 0.102. The lowest BCUT2D eigenvalue weighted by Crippen LogP contribution is -2.13. The average molecular weight is 307 g/mol. The molecule has 2 rings (SSSR count). The number of halogens is 1. The van der Waals surface area contributed by atoms with Gasteiger partial charge in [0.25, 0.3) is 5.91 Å². The van der Waals surface area contributed by atoms with Crippen LogP contribution in [-0.4, -0.2) is 17.6 Å². The van der Waals surface area contributed by atoms with E-state index in [9.17, 15) is 9.90 Å². The number of rotatable bonds is 4. The van der Waals surface area contributed by atoms with Gasteiger partial charge in [0.05, 0.1) is 23.5 Å². The Labute approximate surface area is 127 Å². The van der Waals surface area contributed by atoms with Gasteiger partial charge in [-0.15, -0.1) is 0 Å². The quantitative estimate of drug-likeness (QED) is 0.598. The number of benzene rings is 2. The summed E-state index contributed by atoms with van der Waals surface area (Å²) in [6.07, 6.45) is 0. The van der Waals surface area contributed by atoms with Gasteiger partial charge in [0.15, 0.2) is 5.75 Å². The average Bonchev–Trinajstić information content (AvgIpc) is 2.45. The summed E-state index contributed by atoms with van der Waals surface area (Å²) >= 11 is 5.93. The second-order valence-electron chi connectivity index (χ2n) is 4.27. The van der Waals surface area contributed by atoms with Crippen LogP contribution in [0.5, 0.6) is 11.5 Å². The summed E-state index contributed by atoms with van der Waals surface area (Å²) in [7, 11) is 0. The van der Waals surface area contributed by atoms with Crippen LogP contribution in [0, 0.1) is 0 Å². The zero-order valence-corrected chi connectivity index (χ0v) is 12.1. The summed E-state index contributed by atoms with van der Waals surface area (Å²) in [6.45, 7) is 2.29. The van der Waals surface area contributed by atoms with Crippen LogP contribution in [0.4, 0.5) is 11.4 Å². The summed E-state index contributed by atoms with van der Waals surface area (Å²) in [5, 5.41) is 13.0. The monoisotopic (exact) mass is 306 g/mol. The van der Waals surface area contributed by atoms with Gasteiger partial charge in [-0.25, -0.2) is 0 Å². The third kappa shape index (κ3) is 3.38. The molecule has 0 saturated carbocycles. The number of hydrogen-bond donors (Lipinski definition) is 3. The molecule has 0 fully saturated rings. The van der Waals surface area contributed by atoms with E-state index in [2.05, 4.69) is 5.32 Å². The largest absolute Gasteiger partial charge is 0.505 e. The van der Waals surface area contributed by atoms with Gasteiger partial charge in [-0.3, -0.25) is 4.79 Å². The molecule has 0 saturated heterocycles. The minimum Gasteiger partial charge on any atom is -0.505 e. The highest BCUT2D eigenvalue weighted by Gasteiger charge is 2.15. The van der Waals surface area contributed by atoms with Gasteiger partial charge in [-0.2, -0.15) is 0 Å². The highest BCUT2D eigenvalue weighted by atomic mass is 35.5. The predicted molar refractivity (Wildman–Crippen MR) is 83.1 cm³/mol. The maximum atomic E-state index is 12.2. The molecular weight excluding hydrogens is 292 g/mol. The minimum absolute atomic E-state index is 0.0809. The Balaban J connectivity index is 2.31. The fourth-order valence-electron chi connectivity index (χ4n) is 1.82. The first-order chi connectivity index (χ1) is 10.0. The summed E-state index contributed by atoms with van der Waals surface area (Å²) < 4.78 is 5.42. The number of aromatic hydroxyl groups is 1. The molecule has 2 aromatic rings. The Hall–Kier alpha value is -2.40. The van der Waals surface area contributed by atoms with Crippen molar-refractivity contribution in [3.8, 4) is 11.5 Å². The molecule has 0 unspecified atom stereocenters. The smallest absolute Gasteiger partial charge is 0.259 e. The Bertz CT molecular complexity index is 674. The fourth-order valence-corrected chi connectivity index (χ4v) is 1.99. The molecule has 4 N–H and O–H groups in total. The molecule has 1 amide bonds. The highest BCUT2D eigenvalue weighted by molar-refractivity contribution is 6.31. The lowest BCUT2D eigenvalue weighted by Gasteiger charge is -2.13. The molecule has 2 aromatic carbocycles. The predicted octanol–water partition coefficient (Wildman–Crippen LogP) is 3.28. The first-order valence-corrected chi connectivity index (χ1v) is 6.72. The molecule has 0 bridgehead atoms. The number of para-hydroxylation sites is 1. The summed E-state index contributed by atoms with van der Waals surface area (Å²) in [5.41, 5.74) is 6.22. The molecule has 0 radical (unpaired) electrons. The number of anilines is 2. The van der Waals surface area contributed by atoms with Crippen molar-refractivity contribution in [2.24, 2.45) is 0 Å². The first kappa shape index (κ1) is 15.0. The van der Waals surface area contributed by atoms with Crippen molar-refractivity contribution >= 4 is 28.9 Å². The summed E-state index contributed by atoms with van der Waals surface area (Å²) in [5.74, 6) is -0.253. The van der Waals surface area contributed by atoms with Gasteiger partial charge in [0.2, 0.25) is 0 Å². The van der Waals surface area contributed by atoms with Crippen LogP contribution in [-0.2, 0) is 0 Å². The molecule has 0 aromatic heterocycles. The van der Waals surface area contributed by atoms with Crippen molar-refractivity contribution < 1.29 is 14.6 Å². The van der Waals surface area contributed by atoms with E-state index < -0.39 is 5.91 Å². The topological polar surface area (TPSA) is 84.6 Å². The number of nitrogens with one attached hydrogen (secondary N) is 1. The minimum atomic E-state index is -0.497. The van der Waals surface area contributed by atoms with Gasteiger partial charge in [0, 0.05) is 5.02 Å². The standard InChI is InChI=1S/C15H15ClN2O3/c1-2-21-13-7-6-9(16)8-12(13)18-15(20)10-4-3-5-11(17)14(10)19/h3-8,19H,2,17H2,1H3,(H,18,20). The second-order valence-corrected chi connectivity index (χ2v) is 4.71. The van der Waals surface area contributed by atoms with Crippen LogP contribution in [0.2, 0.25) is 5.02 Å². The number of carbonyl (C=O) groups excluding carboxylic acids is 1. The van der Waals surface area contributed by atoms with Gasteiger partial charge in [-0.1, -0.05) is 17.7 Å². The van der Waals surface area contributed by atoms with Crippen molar-refractivity contribution in [2.45, 2.75) is 6.92 Å². The molecule has 0 aliphatic carbocycles. The van der Waals surface area contributed by atoms with Gasteiger partial charge in [0.1, 0.15) is 5.75 Å². The van der Waals surface area contributed by atoms with E-state index in [0.29, 0.717) is 23.1 Å². The summed E-state index contributed by atoms with van der Waals surface area (Å²) in [4.78, 5) is 12.2. The number of carbonyl (C=O) groups is 1. The molecule has 110 valence electrons. The van der Waals surface area contributed by atoms with E-state index in [1.54, 1.807) is 24.3 Å². The molecule has 21 heavy (non-hydrogen) atoms. The molecule has 0 spiro atoms. The summed E-state index contributed by atoms with van der Waals surface area (Å²) in [6, 6.07) is 9.49. The van der Waals surface area contributed by atoms with Crippen LogP contribution in [0.25, 0.3) is 0 Å². The van der Waals surface area contributed by atoms with Crippen molar-refractivity contribution in [3.63, 3.8) is 0 Å². The van der Waals surface area contributed by atoms with Crippen LogP contribution in [0.1, 0.15) is 17.3 Å². The number of amides is 1. The highest BCUT2D eigenvalue weighted by Crippen LogP contribution is 2.30. The zero-order chi connectivity index (χ0) is 15.4. The lowest BCUT2D eigenvalue weighted by atomic mass is 10.1. The van der Waals surface area contributed by atoms with Crippen LogP contribution < -0.4 is 15.8 Å².